The van der Waals surface area contributed by atoms with Crippen LogP contribution < -0.4 is 4.74 Å². The van der Waals surface area contributed by atoms with Crippen molar-refractivity contribution in [2.24, 2.45) is 23.2 Å². The van der Waals surface area contributed by atoms with Gasteiger partial charge in [-0.05, 0) is 94.7 Å². The molecule has 0 radical (unpaired) electrons. The van der Waals surface area contributed by atoms with Gasteiger partial charge in [-0.2, -0.15) is 0 Å². The minimum atomic E-state index is -0.814. The second-order valence-electron chi connectivity index (χ2n) is 13.7. The minimum absolute atomic E-state index is 0.0204. The van der Waals surface area contributed by atoms with Crippen LogP contribution in [0, 0.1) is 23.2 Å². The lowest BCUT2D eigenvalue weighted by molar-refractivity contribution is -0.303. The Hall–Kier alpha value is -1.30. The molecular weight excluding hydrogens is 438 g/mol. The molecule has 5 aliphatic carbocycles. The van der Waals surface area contributed by atoms with E-state index in [9.17, 15) is 10.2 Å². The zero-order chi connectivity index (χ0) is 24.4. The second-order valence-corrected chi connectivity index (χ2v) is 13.7. The van der Waals surface area contributed by atoms with Crippen molar-refractivity contribution >= 4 is 0 Å². The average Bonchev–Trinajstić information content (AvgIpc) is 3.57. The zero-order valence-corrected chi connectivity index (χ0v) is 22.0. The average molecular weight is 482 g/mol. The quantitative estimate of drug-likeness (QED) is 0.586. The van der Waals surface area contributed by atoms with E-state index in [1.807, 2.05) is 13.2 Å². The summed E-state index contributed by atoms with van der Waals surface area (Å²) in [5, 5.41) is 23.1. The van der Waals surface area contributed by atoms with Crippen LogP contribution in [0.2, 0.25) is 0 Å². The summed E-state index contributed by atoms with van der Waals surface area (Å²) in [5.41, 5.74) is 1.25. The lowest BCUT2D eigenvalue weighted by Gasteiger charge is -2.75. The summed E-state index contributed by atoms with van der Waals surface area (Å²) in [4.78, 5) is 2.83. The van der Waals surface area contributed by atoms with Crippen molar-refractivity contribution in [3.63, 3.8) is 0 Å². The molecule has 8 rings (SSSR count). The van der Waals surface area contributed by atoms with Crippen LogP contribution in [0.5, 0.6) is 11.5 Å². The van der Waals surface area contributed by atoms with Crippen LogP contribution in [0.15, 0.2) is 12.1 Å². The molecule has 0 aromatic heterocycles. The van der Waals surface area contributed by atoms with Crippen molar-refractivity contribution in [2.75, 3.05) is 20.2 Å². The van der Waals surface area contributed by atoms with Gasteiger partial charge in [-0.3, -0.25) is 4.90 Å². The molecule has 35 heavy (non-hydrogen) atoms. The van der Waals surface area contributed by atoms with E-state index >= 15 is 0 Å². The number of ether oxygens (including phenoxy) is 2. The van der Waals surface area contributed by atoms with Gasteiger partial charge in [0.1, 0.15) is 11.7 Å². The molecule has 1 aromatic carbocycles. The van der Waals surface area contributed by atoms with Gasteiger partial charge in [-0.1, -0.05) is 19.9 Å². The number of aromatic hydroxyl groups is 1. The molecule has 1 aromatic rings. The first-order valence-electron chi connectivity index (χ1n) is 14.2. The number of hydrogen-bond acceptors (Lipinski definition) is 5. The highest BCUT2D eigenvalue weighted by Gasteiger charge is 2.81. The molecule has 5 heteroatoms. The Bertz CT molecular complexity index is 1050. The van der Waals surface area contributed by atoms with Crippen molar-refractivity contribution in [1.82, 2.24) is 4.90 Å². The molecule has 2 aliphatic heterocycles. The van der Waals surface area contributed by atoms with E-state index in [1.165, 1.54) is 30.5 Å². The number of aliphatic hydroxyl groups is 1. The van der Waals surface area contributed by atoms with Gasteiger partial charge >= 0.3 is 0 Å². The monoisotopic (exact) mass is 481 g/mol. The third-order valence-corrected chi connectivity index (χ3v) is 11.6. The predicted molar refractivity (Wildman–Crippen MR) is 135 cm³/mol. The van der Waals surface area contributed by atoms with Gasteiger partial charge in [0, 0.05) is 42.0 Å². The Morgan fingerprint density at radius 2 is 2.03 bits per heavy atom. The van der Waals surface area contributed by atoms with Gasteiger partial charge in [0.05, 0.1) is 5.60 Å². The van der Waals surface area contributed by atoms with Gasteiger partial charge < -0.3 is 19.7 Å². The molecule has 2 spiro atoms. The van der Waals surface area contributed by atoms with Crippen molar-refractivity contribution in [3.8, 4) is 11.5 Å². The number of fused-ring (bicyclic) bond motifs is 2. The van der Waals surface area contributed by atoms with E-state index in [1.54, 1.807) is 0 Å². The summed E-state index contributed by atoms with van der Waals surface area (Å²) in [6, 6.07) is 4.49. The van der Waals surface area contributed by atoms with E-state index in [-0.39, 0.29) is 28.6 Å². The fourth-order valence-corrected chi connectivity index (χ4v) is 9.88. The van der Waals surface area contributed by atoms with Crippen molar-refractivity contribution in [1.29, 1.82) is 0 Å². The Kier molecular flexibility index (Phi) is 4.68. The normalized spacial score (nSPS) is 42.6. The molecule has 5 nitrogen and oxygen atoms in total. The van der Waals surface area contributed by atoms with Crippen LogP contribution in [-0.4, -0.2) is 58.7 Å². The number of piperidine rings is 1. The number of phenolic OH excluding ortho intramolecular Hbond substituents is 1. The summed E-state index contributed by atoms with van der Waals surface area (Å²) >= 11 is 0. The number of phenols is 1. The number of likely N-dealkylation sites (tertiary alicyclic amines) is 1. The molecule has 2 heterocycles. The van der Waals surface area contributed by atoms with Crippen LogP contribution in [0.4, 0.5) is 0 Å². The number of methoxy groups -OCH3 is 1. The summed E-state index contributed by atoms with van der Waals surface area (Å²) in [5.74, 6) is 2.43. The van der Waals surface area contributed by atoms with E-state index in [0.29, 0.717) is 12.0 Å². The van der Waals surface area contributed by atoms with Crippen LogP contribution >= 0.6 is 0 Å². The Balaban J connectivity index is 1.41. The van der Waals surface area contributed by atoms with E-state index < -0.39 is 11.2 Å². The number of rotatable bonds is 7. The van der Waals surface area contributed by atoms with Gasteiger partial charge in [-0.15, -0.1) is 0 Å². The maximum absolute atomic E-state index is 12.1. The van der Waals surface area contributed by atoms with Crippen molar-refractivity contribution in [2.45, 2.75) is 107 Å². The molecule has 1 saturated heterocycles. The minimum Gasteiger partial charge on any atom is -0.504 e. The highest BCUT2D eigenvalue weighted by atomic mass is 16.6. The van der Waals surface area contributed by atoms with E-state index in [4.69, 9.17) is 9.47 Å². The molecule has 5 fully saturated rings. The smallest absolute Gasteiger partial charge is 0.165 e. The largest absolute Gasteiger partial charge is 0.504 e. The number of benzene rings is 1. The zero-order valence-electron chi connectivity index (χ0n) is 22.0. The molecule has 4 bridgehead atoms. The third-order valence-electron chi connectivity index (χ3n) is 11.6. The van der Waals surface area contributed by atoms with Gasteiger partial charge in [0.25, 0.3) is 0 Å². The van der Waals surface area contributed by atoms with Gasteiger partial charge in [0.2, 0.25) is 0 Å². The Morgan fingerprint density at radius 1 is 1.23 bits per heavy atom. The molecular formula is C30H43NO4. The second kappa shape index (κ2) is 7.17. The first-order valence-corrected chi connectivity index (χ1v) is 14.2. The maximum Gasteiger partial charge on any atom is 0.165 e. The molecule has 192 valence electrons. The third kappa shape index (κ3) is 2.71. The summed E-state index contributed by atoms with van der Waals surface area (Å²) in [7, 11) is 1.84. The van der Waals surface area contributed by atoms with Crippen LogP contribution in [-0.2, 0) is 16.6 Å². The molecule has 0 unspecified atom stereocenters. The summed E-state index contributed by atoms with van der Waals surface area (Å²) in [6.45, 7) is 8.87. The summed E-state index contributed by atoms with van der Waals surface area (Å²) < 4.78 is 13.5. The lowest BCUT2D eigenvalue weighted by Crippen LogP contribution is -2.82. The van der Waals surface area contributed by atoms with Crippen LogP contribution in [0.3, 0.4) is 0 Å². The van der Waals surface area contributed by atoms with Crippen LogP contribution in [0.25, 0.3) is 0 Å². The van der Waals surface area contributed by atoms with Gasteiger partial charge in [-0.25, -0.2) is 0 Å². The highest BCUT2D eigenvalue weighted by molar-refractivity contribution is 5.63. The standard InChI is InChI=1S/C30H43NO4/c1-18(2)9-10-27(3,33)22-16-28-11-12-30(22,34-4)26-29(28)13-14-31(17-19-5-6-19)23(28)15-20-7-8-21(32)25(35-26)24(20)29/h7-8,18-19,22-23,26,32-33H,5-6,9-17H2,1-4H3/t22-,23-,26-,27-,28-,29+,30+/m1/s1. The predicted octanol–water partition coefficient (Wildman–Crippen LogP) is 4.80. The molecule has 7 atom stereocenters. The molecule has 7 aliphatic rings. The molecule has 0 amide bonds. The van der Waals surface area contributed by atoms with Gasteiger partial charge in [0.15, 0.2) is 11.5 Å². The topological polar surface area (TPSA) is 62.2 Å². The molecule has 4 saturated carbocycles. The van der Waals surface area contributed by atoms with E-state index in [2.05, 4.69) is 31.7 Å². The first-order chi connectivity index (χ1) is 16.7. The van der Waals surface area contributed by atoms with Crippen molar-refractivity contribution in [3.05, 3.63) is 23.3 Å². The number of nitrogens with zero attached hydrogens (tertiary/aromatic N) is 1. The Labute approximate surface area is 210 Å². The van der Waals surface area contributed by atoms with Crippen molar-refractivity contribution < 1.29 is 19.7 Å². The fourth-order valence-electron chi connectivity index (χ4n) is 9.88. The SMILES string of the molecule is CO[C@@]12CC[C@@]3(C[C@@H]1[C@](C)(O)CCC(C)C)[C@H]1Cc4ccc(O)c5c4[C@@]3(CCN1CC1CC1)[C@H]2O5. The fraction of sp³-hybridized carbons (Fsp3) is 0.800. The highest BCUT2D eigenvalue weighted by Crippen LogP contribution is 2.77. The number of hydrogen-bond donors (Lipinski definition) is 2. The summed E-state index contributed by atoms with van der Waals surface area (Å²) in [6.07, 6.45) is 9.55. The van der Waals surface area contributed by atoms with E-state index in [0.717, 1.165) is 63.2 Å². The maximum atomic E-state index is 12.1. The van der Waals surface area contributed by atoms with Crippen LogP contribution in [0.1, 0.15) is 83.3 Å². The lowest BCUT2D eigenvalue weighted by atomic mass is 9.33. The Morgan fingerprint density at radius 3 is 2.74 bits per heavy atom. The first kappa shape index (κ1) is 22.9. The molecule has 2 N–H and O–H groups in total.